The van der Waals surface area contributed by atoms with Gasteiger partial charge in [0.2, 0.25) is 0 Å². The Kier molecular flexibility index (Phi) is 5.03. The maximum absolute atomic E-state index is 6.01. The molecule has 0 aliphatic heterocycles. The Morgan fingerprint density at radius 2 is 1.94 bits per heavy atom. The van der Waals surface area contributed by atoms with E-state index >= 15 is 0 Å². The van der Waals surface area contributed by atoms with Gasteiger partial charge in [-0.05, 0) is 62.8 Å². The molecule has 0 spiro atoms. The highest BCUT2D eigenvalue weighted by atomic mass is 127. The molecule has 0 aliphatic carbocycles. The molecular formula is C13H9BrClIN2. The zero-order chi connectivity index (χ0) is 13.0. The van der Waals surface area contributed by atoms with E-state index < -0.39 is 0 Å². The molecule has 0 unspecified atom stereocenters. The Hall–Kier alpha value is -0.590. The van der Waals surface area contributed by atoms with Gasteiger partial charge in [-0.3, -0.25) is 5.43 Å². The third-order valence-corrected chi connectivity index (χ3v) is 4.89. The normalized spacial score (nSPS) is 10.8. The van der Waals surface area contributed by atoms with Crippen molar-refractivity contribution in [3.05, 3.63) is 61.1 Å². The molecular weight excluding hydrogens is 426 g/mol. The molecule has 1 N–H and O–H groups in total. The molecule has 0 saturated carbocycles. The highest BCUT2D eigenvalue weighted by Gasteiger charge is 2.03. The van der Waals surface area contributed by atoms with Gasteiger partial charge in [0.05, 0.1) is 11.9 Å². The van der Waals surface area contributed by atoms with Gasteiger partial charge < -0.3 is 0 Å². The molecule has 0 heterocycles. The molecule has 0 amide bonds. The van der Waals surface area contributed by atoms with Crippen LogP contribution in [0, 0.1) is 3.57 Å². The van der Waals surface area contributed by atoms with Gasteiger partial charge in [0.1, 0.15) is 0 Å². The Morgan fingerprint density at radius 3 is 2.67 bits per heavy atom. The number of hydrogen-bond acceptors (Lipinski definition) is 2. The minimum absolute atomic E-state index is 0.698. The second-order valence-electron chi connectivity index (χ2n) is 3.53. The van der Waals surface area contributed by atoms with Crippen molar-refractivity contribution in [1.29, 1.82) is 0 Å². The van der Waals surface area contributed by atoms with Crippen molar-refractivity contribution >= 4 is 62.0 Å². The van der Waals surface area contributed by atoms with Crippen molar-refractivity contribution in [2.45, 2.75) is 0 Å². The molecule has 0 fully saturated rings. The summed E-state index contributed by atoms with van der Waals surface area (Å²) in [6, 6.07) is 13.5. The number of para-hydroxylation sites is 1. The lowest BCUT2D eigenvalue weighted by Crippen LogP contribution is -1.92. The van der Waals surface area contributed by atoms with Gasteiger partial charge in [0.15, 0.2) is 0 Å². The second-order valence-corrected chi connectivity index (χ2v) is 5.92. The van der Waals surface area contributed by atoms with Crippen LogP contribution in [0.2, 0.25) is 5.02 Å². The summed E-state index contributed by atoms with van der Waals surface area (Å²) in [6.07, 6.45) is 1.74. The van der Waals surface area contributed by atoms with E-state index in [1.807, 2.05) is 42.5 Å². The van der Waals surface area contributed by atoms with E-state index in [0.29, 0.717) is 5.02 Å². The lowest BCUT2D eigenvalue weighted by atomic mass is 10.2. The fourth-order valence-corrected chi connectivity index (χ4v) is 2.75. The topological polar surface area (TPSA) is 24.4 Å². The lowest BCUT2D eigenvalue weighted by Gasteiger charge is -2.03. The van der Waals surface area contributed by atoms with Crippen molar-refractivity contribution in [2.75, 3.05) is 5.43 Å². The molecule has 2 nitrogen and oxygen atoms in total. The van der Waals surface area contributed by atoms with E-state index in [9.17, 15) is 0 Å². The Morgan fingerprint density at radius 1 is 1.22 bits per heavy atom. The molecule has 0 bridgehead atoms. The van der Waals surface area contributed by atoms with Gasteiger partial charge in [-0.15, -0.1) is 0 Å². The van der Waals surface area contributed by atoms with Crippen LogP contribution in [-0.2, 0) is 0 Å². The quantitative estimate of drug-likeness (QED) is 0.307. The zero-order valence-electron chi connectivity index (χ0n) is 9.20. The minimum Gasteiger partial charge on any atom is -0.279 e. The lowest BCUT2D eigenvalue weighted by molar-refractivity contribution is 1.35. The summed E-state index contributed by atoms with van der Waals surface area (Å²) in [4.78, 5) is 0. The maximum atomic E-state index is 6.01. The molecule has 2 rings (SSSR count). The molecule has 18 heavy (non-hydrogen) atoms. The van der Waals surface area contributed by atoms with Crippen molar-refractivity contribution in [3.63, 3.8) is 0 Å². The van der Waals surface area contributed by atoms with Crippen molar-refractivity contribution in [1.82, 2.24) is 0 Å². The van der Waals surface area contributed by atoms with Crippen molar-refractivity contribution < 1.29 is 0 Å². The average molecular weight is 435 g/mol. The molecule has 92 valence electrons. The largest absolute Gasteiger partial charge is 0.279 e. The fraction of sp³-hybridized carbons (Fsp3) is 0. The average Bonchev–Trinajstić information content (AvgIpc) is 2.36. The number of benzene rings is 2. The van der Waals surface area contributed by atoms with Crippen LogP contribution < -0.4 is 5.43 Å². The number of anilines is 1. The minimum atomic E-state index is 0.698. The van der Waals surface area contributed by atoms with Gasteiger partial charge in [-0.25, -0.2) is 0 Å². The van der Waals surface area contributed by atoms with Crippen LogP contribution in [-0.4, -0.2) is 6.21 Å². The summed E-state index contributed by atoms with van der Waals surface area (Å²) < 4.78 is 2.05. The molecule has 0 radical (unpaired) electrons. The van der Waals surface area contributed by atoms with E-state index in [-0.39, 0.29) is 0 Å². The van der Waals surface area contributed by atoms with Crippen LogP contribution in [0.4, 0.5) is 5.69 Å². The van der Waals surface area contributed by atoms with Crippen LogP contribution >= 0.6 is 50.1 Å². The Labute approximate surface area is 133 Å². The Bertz CT molecular complexity index is 573. The first kappa shape index (κ1) is 13.8. The number of hydrogen-bond donors (Lipinski definition) is 1. The number of nitrogens with zero attached hydrogens (tertiary/aromatic N) is 1. The molecule has 2 aromatic carbocycles. The first-order chi connectivity index (χ1) is 8.66. The van der Waals surface area contributed by atoms with Crippen LogP contribution in [0.5, 0.6) is 0 Å². The van der Waals surface area contributed by atoms with Gasteiger partial charge in [0.25, 0.3) is 0 Å². The summed E-state index contributed by atoms with van der Waals surface area (Å²) >= 11 is 11.8. The van der Waals surface area contributed by atoms with E-state index in [1.54, 1.807) is 6.21 Å². The molecule has 0 atom stereocenters. The standard InChI is InChI=1S/C13H9BrClIN2/c14-13-9(6-10(15)7-12(13)16)8-17-18-11-4-2-1-3-5-11/h1-8,18H. The van der Waals surface area contributed by atoms with Gasteiger partial charge in [-0.1, -0.05) is 29.8 Å². The van der Waals surface area contributed by atoms with Gasteiger partial charge >= 0.3 is 0 Å². The van der Waals surface area contributed by atoms with Crippen molar-refractivity contribution in [2.24, 2.45) is 5.10 Å². The maximum Gasteiger partial charge on any atom is 0.0561 e. The molecule has 0 saturated heterocycles. The van der Waals surface area contributed by atoms with Crippen molar-refractivity contribution in [3.8, 4) is 0 Å². The summed E-state index contributed by atoms with van der Waals surface area (Å²) in [6.45, 7) is 0. The van der Waals surface area contributed by atoms with Gasteiger partial charge in [0, 0.05) is 18.6 Å². The number of nitrogens with one attached hydrogen (secondary N) is 1. The van der Waals surface area contributed by atoms with Crippen LogP contribution in [0.25, 0.3) is 0 Å². The van der Waals surface area contributed by atoms with E-state index in [0.717, 1.165) is 19.3 Å². The predicted molar refractivity (Wildman–Crippen MR) is 89.5 cm³/mol. The summed E-state index contributed by atoms with van der Waals surface area (Å²) in [5, 5.41) is 4.89. The van der Waals surface area contributed by atoms with Crippen LogP contribution in [0.1, 0.15) is 5.56 Å². The fourth-order valence-electron chi connectivity index (χ4n) is 1.36. The van der Waals surface area contributed by atoms with E-state index in [4.69, 9.17) is 11.6 Å². The second kappa shape index (κ2) is 6.54. The molecule has 0 aliphatic rings. The summed E-state index contributed by atoms with van der Waals surface area (Å²) in [5.41, 5.74) is 4.85. The SMILES string of the molecule is Clc1cc(I)c(Br)c(C=NNc2ccccc2)c1. The number of hydrazone groups is 1. The van der Waals surface area contributed by atoms with Gasteiger partial charge in [-0.2, -0.15) is 5.10 Å². The molecule has 5 heteroatoms. The first-order valence-corrected chi connectivity index (χ1v) is 7.40. The highest BCUT2D eigenvalue weighted by molar-refractivity contribution is 14.1. The monoisotopic (exact) mass is 434 g/mol. The van der Waals surface area contributed by atoms with E-state index in [2.05, 4.69) is 49.0 Å². The first-order valence-electron chi connectivity index (χ1n) is 5.15. The molecule has 0 aromatic heterocycles. The van der Waals surface area contributed by atoms with E-state index in [1.165, 1.54) is 0 Å². The summed E-state index contributed by atoms with van der Waals surface area (Å²) in [5.74, 6) is 0. The van der Waals surface area contributed by atoms with Crippen LogP contribution in [0.3, 0.4) is 0 Å². The third kappa shape index (κ3) is 3.70. The highest BCUT2D eigenvalue weighted by Crippen LogP contribution is 2.26. The third-order valence-electron chi connectivity index (χ3n) is 2.19. The smallest absolute Gasteiger partial charge is 0.0561 e. The number of halogens is 3. The predicted octanol–water partition coefficient (Wildman–Crippen LogP) is 5.15. The summed E-state index contributed by atoms with van der Waals surface area (Å²) in [7, 11) is 0. The van der Waals surface area contributed by atoms with Crippen LogP contribution in [0.15, 0.2) is 52.0 Å². The zero-order valence-corrected chi connectivity index (χ0v) is 13.7. The molecule has 2 aromatic rings. The Balaban J connectivity index is 2.15. The number of rotatable bonds is 3.